The molecule has 1 rings (SSSR count). The maximum Gasteiger partial charge on any atom is 0.271 e. The molecule has 17 heavy (non-hydrogen) atoms. The van der Waals surface area contributed by atoms with E-state index in [9.17, 15) is 4.79 Å². The van der Waals surface area contributed by atoms with Crippen LogP contribution in [-0.2, 0) is 7.05 Å². The Balaban J connectivity index is 2.63. The van der Waals surface area contributed by atoms with E-state index < -0.39 is 0 Å². The third-order valence-corrected chi connectivity index (χ3v) is 3.23. The van der Waals surface area contributed by atoms with Crippen LogP contribution in [0, 0.1) is 11.3 Å². The predicted molar refractivity (Wildman–Crippen MR) is 68.6 cm³/mol. The van der Waals surface area contributed by atoms with E-state index in [4.69, 9.17) is 5.73 Å². The van der Waals surface area contributed by atoms with Gasteiger partial charge >= 0.3 is 0 Å². The highest BCUT2D eigenvalue weighted by atomic mass is 16.2. The van der Waals surface area contributed by atoms with Crippen LogP contribution in [0.5, 0.6) is 0 Å². The van der Waals surface area contributed by atoms with Gasteiger partial charge in [0.2, 0.25) is 0 Å². The molecular weight excluding hydrogens is 216 g/mol. The zero-order chi connectivity index (χ0) is 13.2. The van der Waals surface area contributed by atoms with Crippen molar-refractivity contribution in [2.24, 2.45) is 18.4 Å². The molecule has 0 radical (unpaired) electrons. The fraction of sp³-hybridized carbons (Fsp3) is 0.667. The standard InChI is InChI=1S/C12H22N4O/c1-8(12(2,3)4)6-14-11(17)10-9(13)7-15-16(10)5/h7-8H,6,13H2,1-5H3,(H,14,17). The molecular formula is C12H22N4O. The average molecular weight is 238 g/mol. The van der Waals surface area contributed by atoms with Gasteiger partial charge in [-0.15, -0.1) is 0 Å². The summed E-state index contributed by atoms with van der Waals surface area (Å²) in [5.41, 5.74) is 6.70. The molecule has 96 valence electrons. The van der Waals surface area contributed by atoms with Crippen LogP contribution in [0.4, 0.5) is 5.69 Å². The van der Waals surface area contributed by atoms with Crippen molar-refractivity contribution >= 4 is 11.6 Å². The molecule has 1 unspecified atom stereocenters. The number of anilines is 1. The molecule has 0 saturated heterocycles. The zero-order valence-electron chi connectivity index (χ0n) is 11.2. The molecule has 0 bridgehead atoms. The van der Waals surface area contributed by atoms with E-state index in [1.54, 1.807) is 7.05 Å². The highest BCUT2D eigenvalue weighted by molar-refractivity contribution is 5.97. The Morgan fingerprint density at radius 1 is 1.59 bits per heavy atom. The summed E-state index contributed by atoms with van der Waals surface area (Å²) < 4.78 is 1.49. The Labute approximate surface area is 102 Å². The normalized spacial score (nSPS) is 13.5. The molecule has 1 heterocycles. The van der Waals surface area contributed by atoms with Crippen LogP contribution in [0.25, 0.3) is 0 Å². The summed E-state index contributed by atoms with van der Waals surface area (Å²) in [5.74, 6) is 0.222. The summed E-state index contributed by atoms with van der Waals surface area (Å²) in [6.45, 7) is 9.21. The second-order valence-corrected chi connectivity index (χ2v) is 5.55. The summed E-state index contributed by atoms with van der Waals surface area (Å²) >= 11 is 0. The van der Waals surface area contributed by atoms with Crippen molar-refractivity contribution in [1.29, 1.82) is 0 Å². The van der Waals surface area contributed by atoms with E-state index >= 15 is 0 Å². The molecule has 0 aliphatic rings. The molecule has 0 aliphatic carbocycles. The lowest BCUT2D eigenvalue weighted by Crippen LogP contribution is -2.34. The van der Waals surface area contributed by atoms with E-state index in [0.717, 1.165) is 0 Å². The zero-order valence-corrected chi connectivity index (χ0v) is 11.2. The number of rotatable bonds is 3. The van der Waals surface area contributed by atoms with E-state index in [0.29, 0.717) is 23.8 Å². The second-order valence-electron chi connectivity index (χ2n) is 5.55. The summed E-state index contributed by atoms with van der Waals surface area (Å²) in [5, 5.41) is 6.84. The number of aryl methyl sites for hydroxylation is 1. The van der Waals surface area contributed by atoms with E-state index in [-0.39, 0.29) is 11.3 Å². The van der Waals surface area contributed by atoms with Gasteiger partial charge < -0.3 is 11.1 Å². The maximum absolute atomic E-state index is 11.9. The maximum atomic E-state index is 11.9. The molecule has 3 N–H and O–H groups in total. The number of amides is 1. The van der Waals surface area contributed by atoms with Crippen molar-refractivity contribution in [3.8, 4) is 0 Å². The number of nitrogens with one attached hydrogen (secondary N) is 1. The van der Waals surface area contributed by atoms with Crippen LogP contribution >= 0.6 is 0 Å². The van der Waals surface area contributed by atoms with Gasteiger partial charge in [-0.3, -0.25) is 9.48 Å². The smallest absolute Gasteiger partial charge is 0.271 e. The first-order valence-electron chi connectivity index (χ1n) is 5.79. The van der Waals surface area contributed by atoms with Gasteiger partial charge in [0, 0.05) is 13.6 Å². The molecule has 0 saturated carbocycles. The molecule has 0 aromatic carbocycles. The molecule has 1 aromatic rings. The number of nitrogens with zero attached hydrogens (tertiary/aromatic N) is 2. The number of nitrogen functional groups attached to an aromatic ring is 1. The Hall–Kier alpha value is -1.52. The lowest BCUT2D eigenvalue weighted by Gasteiger charge is -2.27. The first-order chi connectivity index (χ1) is 7.73. The van der Waals surface area contributed by atoms with E-state index in [1.165, 1.54) is 10.9 Å². The molecule has 0 fully saturated rings. The van der Waals surface area contributed by atoms with Crippen molar-refractivity contribution in [2.75, 3.05) is 12.3 Å². The van der Waals surface area contributed by atoms with Crippen LogP contribution in [0.15, 0.2) is 6.20 Å². The quantitative estimate of drug-likeness (QED) is 0.836. The first-order valence-corrected chi connectivity index (χ1v) is 5.79. The summed E-state index contributed by atoms with van der Waals surface area (Å²) in [7, 11) is 1.71. The van der Waals surface area contributed by atoms with Gasteiger partial charge in [-0.05, 0) is 11.3 Å². The largest absolute Gasteiger partial charge is 0.396 e. The minimum Gasteiger partial charge on any atom is -0.396 e. The molecule has 0 spiro atoms. The second kappa shape index (κ2) is 4.77. The van der Waals surface area contributed by atoms with Gasteiger partial charge in [0.05, 0.1) is 11.9 Å². The number of hydrogen-bond donors (Lipinski definition) is 2. The highest BCUT2D eigenvalue weighted by Crippen LogP contribution is 2.24. The fourth-order valence-electron chi connectivity index (χ4n) is 1.37. The van der Waals surface area contributed by atoms with Crippen molar-refractivity contribution < 1.29 is 4.79 Å². The third kappa shape index (κ3) is 3.22. The highest BCUT2D eigenvalue weighted by Gasteiger charge is 2.22. The van der Waals surface area contributed by atoms with Gasteiger partial charge in [-0.1, -0.05) is 27.7 Å². The van der Waals surface area contributed by atoms with Gasteiger partial charge in [-0.2, -0.15) is 5.10 Å². The van der Waals surface area contributed by atoms with Gasteiger partial charge in [0.1, 0.15) is 5.69 Å². The minimum atomic E-state index is -0.168. The summed E-state index contributed by atoms with van der Waals surface area (Å²) in [6.07, 6.45) is 1.49. The molecule has 1 aromatic heterocycles. The van der Waals surface area contributed by atoms with Crippen LogP contribution in [0.2, 0.25) is 0 Å². The average Bonchev–Trinajstić information content (AvgIpc) is 2.53. The topological polar surface area (TPSA) is 72.9 Å². The van der Waals surface area contributed by atoms with Crippen molar-refractivity contribution in [2.45, 2.75) is 27.7 Å². The lowest BCUT2D eigenvalue weighted by molar-refractivity contribution is 0.0928. The SMILES string of the molecule is CC(CNC(=O)c1c(N)cnn1C)C(C)(C)C. The Bertz CT molecular complexity index is 384. The number of aromatic nitrogens is 2. The van der Waals surface area contributed by atoms with Gasteiger partial charge in [0.15, 0.2) is 0 Å². The summed E-state index contributed by atoms with van der Waals surface area (Å²) in [6, 6.07) is 0. The van der Waals surface area contributed by atoms with Crippen LogP contribution in [0.1, 0.15) is 38.2 Å². The van der Waals surface area contributed by atoms with Gasteiger partial charge in [0.25, 0.3) is 5.91 Å². The molecule has 5 nitrogen and oxygen atoms in total. The molecule has 0 aliphatic heterocycles. The van der Waals surface area contributed by atoms with Gasteiger partial charge in [-0.25, -0.2) is 0 Å². The van der Waals surface area contributed by atoms with Crippen LogP contribution in [-0.4, -0.2) is 22.2 Å². The van der Waals surface area contributed by atoms with E-state index in [2.05, 4.69) is 38.1 Å². The van der Waals surface area contributed by atoms with Crippen LogP contribution < -0.4 is 11.1 Å². The predicted octanol–water partition coefficient (Wildman–Crippen LogP) is 1.41. The fourth-order valence-corrected chi connectivity index (χ4v) is 1.37. The van der Waals surface area contributed by atoms with Crippen molar-refractivity contribution in [1.82, 2.24) is 15.1 Å². The van der Waals surface area contributed by atoms with E-state index in [1.807, 2.05) is 0 Å². The first kappa shape index (κ1) is 13.5. The van der Waals surface area contributed by atoms with Crippen molar-refractivity contribution in [3.05, 3.63) is 11.9 Å². The Morgan fingerprint density at radius 2 is 2.18 bits per heavy atom. The number of carbonyl (C=O) groups excluding carboxylic acids is 1. The Morgan fingerprint density at radius 3 is 2.59 bits per heavy atom. The Kier molecular flexibility index (Phi) is 3.80. The number of nitrogens with two attached hydrogens (primary N) is 1. The minimum absolute atomic E-state index is 0.168. The molecule has 1 amide bonds. The number of carbonyl (C=O) groups is 1. The molecule has 1 atom stereocenters. The van der Waals surface area contributed by atoms with Crippen molar-refractivity contribution in [3.63, 3.8) is 0 Å². The van der Waals surface area contributed by atoms with Crippen LogP contribution in [0.3, 0.4) is 0 Å². The lowest BCUT2D eigenvalue weighted by atomic mass is 9.82. The molecule has 5 heteroatoms. The summed E-state index contributed by atoms with van der Waals surface area (Å²) in [4.78, 5) is 11.9. The third-order valence-electron chi connectivity index (χ3n) is 3.23. The monoisotopic (exact) mass is 238 g/mol. The number of hydrogen-bond acceptors (Lipinski definition) is 3.